The third-order valence-electron chi connectivity index (χ3n) is 0.740. The molecule has 0 unspecified atom stereocenters. The highest BCUT2D eigenvalue weighted by Crippen LogP contribution is 2.12. The molecule has 0 spiro atoms. The van der Waals surface area contributed by atoms with Crippen LogP contribution in [0.5, 0.6) is 0 Å². The lowest BCUT2D eigenvalue weighted by atomic mass is 10.8. The summed E-state index contributed by atoms with van der Waals surface area (Å²) in [6.07, 6.45) is 3.73. The molecule has 8 heavy (non-hydrogen) atoms. The van der Waals surface area contributed by atoms with E-state index in [9.17, 15) is 0 Å². The molecule has 0 aliphatic carbocycles. The zero-order valence-electron chi connectivity index (χ0n) is 4.12. The molecule has 0 saturated carbocycles. The van der Waals surface area contributed by atoms with Crippen molar-refractivity contribution in [1.82, 2.24) is 9.78 Å². The van der Waals surface area contributed by atoms with Gasteiger partial charge in [-0.25, -0.2) is 0 Å². The Bertz CT molecular complexity index is 140. The minimum absolute atomic E-state index is 0.938. The quantitative estimate of drug-likeness (QED) is 0.735. The summed E-state index contributed by atoms with van der Waals surface area (Å²) >= 11 is 2.24. The van der Waals surface area contributed by atoms with E-state index in [-0.39, 0.29) is 0 Å². The predicted octanol–water partition coefficient (Wildman–Crippen LogP) is 1.92. The Morgan fingerprint density at radius 2 is 2.62 bits per heavy atom. The van der Waals surface area contributed by atoms with Crippen LogP contribution in [0.15, 0.2) is 18.5 Å². The van der Waals surface area contributed by atoms with Crippen LogP contribution in [0.4, 0.5) is 0 Å². The lowest BCUT2D eigenvalue weighted by Gasteiger charge is -1.91. The summed E-state index contributed by atoms with van der Waals surface area (Å²) in [6.45, 7) is 0. The lowest BCUT2D eigenvalue weighted by molar-refractivity contribution is 0.754. The summed E-state index contributed by atoms with van der Waals surface area (Å²) < 4.78 is 1.89. The van der Waals surface area contributed by atoms with Gasteiger partial charge >= 0.3 is 0 Å². The van der Waals surface area contributed by atoms with E-state index >= 15 is 0 Å². The molecular formula is C4H5IN2S. The molecule has 44 valence electrons. The van der Waals surface area contributed by atoms with Crippen molar-refractivity contribution in [2.75, 3.05) is 0 Å². The predicted molar refractivity (Wildman–Crippen MR) is 43.8 cm³/mol. The number of rotatable bonds is 2. The van der Waals surface area contributed by atoms with Gasteiger partial charge in [-0.3, -0.25) is 4.68 Å². The number of halogens is 1. The van der Waals surface area contributed by atoms with Crippen LogP contribution < -0.4 is 0 Å². The average Bonchev–Trinajstić information content (AvgIpc) is 2.19. The van der Waals surface area contributed by atoms with Crippen LogP contribution in [0.2, 0.25) is 0 Å². The lowest BCUT2D eigenvalue weighted by Crippen LogP contribution is -1.90. The van der Waals surface area contributed by atoms with Gasteiger partial charge in [0.25, 0.3) is 0 Å². The SMILES string of the molecule is ISCn1cccn1. The fourth-order valence-electron chi connectivity index (χ4n) is 0.427. The molecule has 1 rings (SSSR count). The third kappa shape index (κ3) is 1.66. The Morgan fingerprint density at radius 3 is 3.12 bits per heavy atom. The molecule has 0 aromatic carbocycles. The number of hydrogen-bond donors (Lipinski definition) is 0. The van der Waals surface area contributed by atoms with Crippen molar-refractivity contribution < 1.29 is 0 Å². The van der Waals surface area contributed by atoms with Crippen LogP contribution in [0, 0.1) is 0 Å². The Balaban J connectivity index is 2.50. The van der Waals surface area contributed by atoms with Gasteiger partial charge in [-0.2, -0.15) is 5.10 Å². The molecule has 0 N–H and O–H groups in total. The molecule has 4 heteroatoms. The molecule has 0 bridgehead atoms. The zero-order valence-corrected chi connectivity index (χ0v) is 7.09. The van der Waals surface area contributed by atoms with Gasteiger partial charge in [0.2, 0.25) is 0 Å². The van der Waals surface area contributed by atoms with Gasteiger partial charge in [0, 0.05) is 12.4 Å². The maximum Gasteiger partial charge on any atom is 0.0962 e. The van der Waals surface area contributed by atoms with E-state index in [2.05, 4.69) is 26.3 Å². The molecular weight excluding hydrogens is 235 g/mol. The normalized spacial score (nSPS) is 9.62. The highest BCUT2D eigenvalue weighted by molar-refractivity contribution is 14.2. The summed E-state index contributed by atoms with van der Waals surface area (Å²) in [7, 11) is 1.73. The average molecular weight is 240 g/mol. The van der Waals surface area contributed by atoms with Crippen molar-refractivity contribution in [3.63, 3.8) is 0 Å². The third-order valence-corrected chi connectivity index (χ3v) is 1.94. The van der Waals surface area contributed by atoms with Crippen LogP contribution in [-0.2, 0) is 5.88 Å². The van der Waals surface area contributed by atoms with Crippen LogP contribution in [0.25, 0.3) is 0 Å². The zero-order chi connectivity index (χ0) is 5.82. The van der Waals surface area contributed by atoms with Gasteiger partial charge in [-0.15, -0.1) is 0 Å². The number of nitrogens with zero attached hydrogens (tertiary/aromatic N) is 2. The van der Waals surface area contributed by atoms with Gasteiger partial charge in [0.1, 0.15) is 0 Å². The monoisotopic (exact) mass is 240 g/mol. The summed E-state index contributed by atoms with van der Waals surface area (Å²) in [5.41, 5.74) is 0. The first-order chi connectivity index (χ1) is 3.93. The van der Waals surface area contributed by atoms with E-state index in [1.165, 1.54) is 0 Å². The van der Waals surface area contributed by atoms with Crippen molar-refractivity contribution in [3.05, 3.63) is 18.5 Å². The second kappa shape index (κ2) is 3.34. The Hall–Kier alpha value is 0.290. The Morgan fingerprint density at radius 1 is 1.75 bits per heavy atom. The summed E-state index contributed by atoms with van der Waals surface area (Å²) in [5.74, 6) is 0.938. The summed E-state index contributed by atoms with van der Waals surface area (Å²) in [5, 5.41) is 4.00. The molecule has 0 aliphatic heterocycles. The first-order valence-corrected chi connectivity index (χ1v) is 5.67. The molecule has 1 aromatic rings. The van der Waals surface area contributed by atoms with Gasteiger partial charge in [0.15, 0.2) is 0 Å². The highest BCUT2D eigenvalue weighted by atomic mass is 127. The standard InChI is InChI=1S/C4H5IN2S/c5-8-4-7-3-1-2-6-7/h1-3H,4H2. The van der Waals surface area contributed by atoms with Crippen molar-refractivity contribution >= 4 is 30.1 Å². The molecule has 0 radical (unpaired) electrons. The molecule has 0 amide bonds. The van der Waals surface area contributed by atoms with Crippen LogP contribution in [0.1, 0.15) is 0 Å². The van der Waals surface area contributed by atoms with Gasteiger partial charge < -0.3 is 0 Å². The highest BCUT2D eigenvalue weighted by Gasteiger charge is 1.83. The van der Waals surface area contributed by atoms with E-state index in [0.29, 0.717) is 0 Å². The van der Waals surface area contributed by atoms with E-state index < -0.39 is 0 Å². The molecule has 2 nitrogen and oxygen atoms in total. The van der Waals surface area contributed by atoms with Crippen molar-refractivity contribution in [3.8, 4) is 0 Å². The van der Waals surface area contributed by atoms with Crippen LogP contribution in [-0.4, -0.2) is 9.78 Å². The second-order valence-electron chi connectivity index (χ2n) is 1.28. The molecule has 0 atom stereocenters. The second-order valence-corrected chi connectivity index (χ2v) is 3.63. The maximum absolute atomic E-state index is 4.00. The fourth-order valence-corrected chi connectivity index (χ4v) is 1.54. The van der Waals surface area contributed by atoms with Crippen molar-refractivity contribution in [2.45, 2.75) is 5.88 Å². The minimum Gasteiger partial charge on any atom is -0.262 e. The first kappa shape index (κ1) is 6.41. The molecule has 0 aliphatic rings. The van der Waals surface area contributed by atoms with Gasteiger partial charge in [-0.1, -0.05) is 8.93 Å². The van der Waals surface area contributed by atoms with E-state index in [4.69, 9.17) is 0 Å². The molecule has 0 saturated heterocycles. The Kier molecular flexibility index (Phi) is 2.68. The maximum atomic E-state index is 4.00. The van der Waals surface area contributed by atoms with E-state index in [1.807, 2.05) is 16.9 Å². The summed E-state index contributed by atoms with van der Waals surface area (Å²) in [6, 6.07) is 1.92. The number of hydrogen-bond acceptors (Lipinski definition) is 2. The number of aromatic nitrogens is 2. The van der Waals surface area contributed by atoms with Crippen LogP contribution >= 0.6 is 30.1 Å². The van der Waals surface area contributed by atoms with E-state index in [1.54, 1.807) is 15.1 Å². The first-order valence-electron chi connectivity index (χ1n) is 2.14. The van der Waals surface area contributed by atoms with E-state index in [0.717, 1.165) is 5.88 Å². The van der Waals surface area contributed by atoms with Crippen molar-refractivity contribution in [1.29, 1.82) is 0 Å². The largest absolute Gasteiger partial charge is 0.262 e. The topological polar surface area (TPSA) is 17.8 Å². The minimum atomic E-state index is 0.938. The Labute approximate surface area is 64.2 Å². The van der Waals surface area contributed by atoms with Crippen molar-refractivity contribution in [2.24, 2.45) is 0 Å². The smallest absolute Gasteiger partial charge is 0.0962 e. The fraction of sp³-hybridized carbons (Fsp3) is 0.250. The summed E-state index contributed by atoms with van der Waals surface area (Å²) in [4.78, 5) is 0. The van der Waals surface area contributed by atoms with Gasteiger partial charge in [-0.05, 0) is 27.3 Å². The molecule has 1 heterocycles. The molecule has 1 aromatic heterocycles. The van der Waals surface area contributed by atoms with Crippen LogP contribution in [0.3, 0.4) is 0 Å². The van der Waals surface area contributed by atoms with Gasteiger partial charge in [0.05, 0.1) is 5.88 Å². The molecule has 0 fully saturated rings.